The fourth-order valence-electron chi connectivity index (χ4n) is 8.49. The summed E-state index contributed by atoms with van der Waals surface area (Å²) in [6.45, 7) is 15.3. The Balaban J connectivity index is 1.60. The Morgan fingerprint density at radius 2 is 1.70 bits per heavy atom. The third kappa shape index (κ3) is 2.75. The smallest absolute Gasteiger partial charge is 0.241 e. The molecule has 1 aliphatic heterocycles. The maximum atomic E-state index is 13.7. The van der Waals surface area contributed by atoms with Gasteiger partial charge in [-0.15, -0.1) is 0 Å². The highest BCUT2D eigenvalue weighted by Gasteiger charge is 2.67. The molecule has 4 aliphatic carbocycles. The van der Waals surface area contributed by atoms with E-state index >= 15 is 0 Å². The van der Waals surface area contributed by atoms with Crippen molar-refractivity contribution in [3.05, 3.63) is 0 Å². The summed E-state index contributed by atoms with van der Waals surface area (Å²) in [5, 5.41) is 13.7. The summed E-state index contributed by atoms with van der Waals surface area (Å²) in [7, 11) is 1.89. The van der Waals surface area contributed by atoms with E-state index in [4.69, 9.17) is 4.74 Å². The van der Waals surface area contributed by atoms with Gasteiger partial charge in [0.15, 0.2) is 0 Å². The molecular weight excluding hydrogens is 374 g/mol. The molecule has 5 nitrogen and oxygen atoms in total. The van der Waals surface area contributed by atoms with E-state index in [-0.39, 0.29) is 28.6 Å². The van der Waals surface area contributed by atoms with Gasteiger partial charge in [-0.3, -0.25) is 4.79 Å². The number of nitrogens with one attached hydrogen (secondary N) is 1. The Bertz CT molecular complexity index is 751. The Morgan fingerprint density at radius 1 is 1.13 bits per heavy atom. The minimum atomic E-state index is -0.719. The second-order valence-electron chi connectivity index (χ2n) is 12.0. The number of amides is 1. The summed E-state index contributed by atoms with van der Waals surface area (Å²) in [6.07, 6.45) is 4.84. The highest BCUT2D eigenvalue weighted by molar-refractivity contribution is 5.84. The van der Waals surface area contributed by atoms with Crippen LogP contribution < -0.4 is 5.32 Å². The highest BCUT2D eigenvalue weighted by atomic mass is 16.5. The molecule has 4 saturated carbocycles. The minimum absolute atomic E-state index is 0.0428. The average molecular weight is 416 g/mol. The van der Waals surface area contributed by atoms with Crippen LogP contribution in [0.1, 0.15) is 80.6 Å². The second kappa shape index (κ2) is 6.69. The van der Waals surface area contributed by atoms with Gasteiger partial charge in [-0.2, -0.15) is 5.26 Å². The lowest BCUT2D eigenvalue weighted by Crippen LogP contribution is -2.75. The molecule has 4 bridgehead atoms. The molecule has 1 saturated heterocycles. The van der Waals surface area contributed by atoms with Crippen molar-refractivity contribution in [1.29, 1.82) is 5.26 Å². The number of carbonyl (C=O) groups excluding carboxylic acids is 1. The minimum Gasteiger partial charge on any atom is -0.378 e. The predicted octanol–water partition coefficient (Wildman–Crippen LogP) is 4.12. The van der Waals surface area contributed by atoms with Crippen LogP contribution in [-0.4, -0.2) is 46.2 Å². The molecule has 0 spiro atoms. The van der Waals surface area contributed by atoms with E-state index in [0.717, 1.165) is 32.1 Å². The summed E-state index contributed by atoms with van der Waals surface area (Å²) in [5.74, 6) is 3.14. The number of methoxy groups -OCH3 is 1. The first-order valence-electron chi connectivity index (χ1n) is 11.9. The van der Waals surface area contributed by atoms with Gasteiger partial charge in [-0.05, 0) is 89.4 Å². The Labute approximate surface area is 182 Å². The number of hydrogen-bond donors (Lipinski definition) is 1. The Morgan fingerprint density at radius 3 is 2.20 bits per heavy atom. The Kier molecular flexibility index (Phi) is 4.92. The molecule has 1 amide bonds. The summed E-state index contributed by atoms with van der Waals surface area (Å²) < 4.78 is 6.30. The normalized spacial score (nSPS) is 49.8. The average Bonchev–Trinajstić information content (AvgIpc) is 2.95. The number of rotatable bonds is 4. The first kappa shape index (κ1) is 22.1. The summed E-state index contributed by atoms with van der Waals surface area (Å²) in [4.78, 5) is 15.6. The van der Waals surface area contributed by atoms with Crippen molar-refractivity contribution in [3.8, 4) is 6.07 Å². The van der Waals surface area contributed by atoms with Crippen molar-refractivity contribution in [3.63, 3.8) is 0 Å². The maximum absolute atomic E-state index is 13.7. The van der Waals surface area contributed by atoms with E-state index in [1.165, 1.54) is 0 Å². The maximum Gasteiger partial charge on any atom is 0.241 e. The molecule has 5 unspecified atom stereocenters. The molecule has 0 aromatic carbocycles. The van der Waals surface area contributed by atoms with Crippen LogP contribution in [0.25, 0.3) is 0 Å². The first-order chi connectivity index (χ1) is 13.9. The zero-order valence-corrected chi connectivity index (χ0v) is 20.2. The van der Waals surface area contributed by atoms with E-state index in [1.54, 1.807) is 0 Å². The standard InChI is InChI=1S/C25H41N3O2/c1-15-19-11-24(12-20(15)17(3)25(13-24,30-8)16(19)2)27-18(4)21(29)28-22(5,6)9-10-23(28,7)14-26/h15-20,27H,9-13H2,1-8H3/t15?,16?,17?,18?,19?,20?,23-,24?,25?/m0/s1. The number of ether oxygens (including phenoxy) is 1. The van der Waals surface area contributed by atoms with Crippen LogP contribution in [0.15, 0.2) is 0 Å². The number of hydrogen-bond acceptors (Lipinski definition) is 4. The largest absolute Gasteiger partial charge is 0.378 e. The zero-order chi connectivity index (χ0) is 22.3. The van der Waals surface area contributed by atoms with Crippen LogP contribution in [0.3, 0.4) is 0 Å². The summed E-state index contributed by atoms with van der Waals surface area (Å²) in [6, 6.07) is 2.13. The van der Waals surface area contributed by atoms with Crippen LogP contribution in [-0.2, 0) is 9.53 Å². The van der Waals surface area contributed by atoms with Gasteiger partial charge >= 0.3 is 0 Å². The molecule has 0 aromatic rings. The highest BCUT2D eigenvalue weighted by Crippen LogP contribution is 2.65. The molecule has 5 heteroatoms. The van der Waals surface area contributed by atoms with Gasteiger partial charge in [0, 0.05) is 18.2 Å². The van der Waals surface area contributed by atoms with Crippen molar-refractivity contribution in [2.45, 2.75) is 109 Å². The number of carbonyl (C=O) groups is 1. The van der Waals surface area contributed by atoms with Gasteiger partial charge in [0.25, 0.3) is 0 Å². The van der Waals surface area contributed by atoms with Gasteiger partial charge in [0.2, 0.25) is 5.91 Å². The van der Waals surface area contributed by atoms with Crippen molar-refractivity contribution in [1.82, 2.24) is 10.2 Å². The summed E-state index contributed by atoms with van der Waals surface area (Å²) >= 11 is 0. The molecule has 1 N–H and O–H groups in total. The molecule has 0 aromatic heterocycles. The first-order valence-corrected chi connectivity index (χ1v) is 11.9. The lowest BCUT2D eigenvalue weighted by atomic mass is 9.41. The quantitative estimate of drug-likeness (QED) is 0.750. The fraction of sp³-hybridized carbons (Fsp3) is 0.920. The lowest BCUT2D eigenvalue weighted by Gasteiger charge is -2.70. The Hall–Kier alpha value is -1.12. The molecule has 30 heavy (non-hydrogen) atoms. The van der Waals surface area contributed by atoms with E-state index < -0.39 is 5.54 Å². The third-order valence-electron chi connectivity index (χ3n) is 10.1. The van der Waals surface area contributed by atoms with Crippen molar-refractivity contribution in [2.75, 3.05) is 7.11 Å². The van der Waals surface area contributed by atoms with Gasteiger partial charge in [0.05, 0.1) is 17.7 Å². The van der Waals surface area contributed by atoms with Gasteiger partial charge in [-0.25, -0.2) is 0 Å². The van der Waals surface area contributed by atoms with Gasteiger partial charge in [0.1, 0.15) is 5.54 Å². The number of nitrogens with zero attached hydrogens (tertiary/aromatic N) is 2. The molecule has 168 valence electrons. The monoisotopic (exact) mass is 415 g/mol. The SMILES string of the molecule is COC12CC3(NC(C)C(=O)N4C(C)(C)CC[C@@]4(C)C#N)CC(C(C)C(C3)C1C)C2C. The van der Waals surface area contributed by atoms with Crippen molar-refractivity contribution < 1.29 is 9.53 Å². The predicted molar refractivity (Wildman–Crippen MR) is 118 cm³/mol. The van der Waals surface area contributed by atoms with Crippen LogP contribution >= 0.6 is 0 Å². The lowest BCUT2D eigenvalue weighted by molar-refractivity contribution is -0.249. The van der Waals surface area contributed by atoms with Crippen LogP contribution in [0.2, 0.25) is 0 Å². The topological polar surface area (TPSA) is 65.4 Å². The molecule has 0 radical (unpaired) electrons. The summed E-state index contributed by atoms with van der Waals surface area (Å²) in [5.41, 5.74) is -1.14. The van der Waals surface area contributed by atoms with Crippen LogP contribution in [0, 0.1) is 40.9 Å². The van der Waals surface area contributed by atoms with Crippen molar-refractivity contribution >= 4 is 5.91 Å². The second-order valence-corrected chi connectivity index (χ2v) is 12.0. The van der Waals surface area contributed by atoms with E-state index in [1.807, 2.05) is 25.9 Å². The number of likely N-dealkylation sites (tertiary alicyclic amines) is 1. The van der Waals surface area contributed by atoms with Gasteiger partial charge < -0.3 is 15.0 Å². The zero-order valence-electron chi connectivity index (χ0n) is 20.2. The van der Waals surface area contributed by atoms with Crippen molar-refractivity contribution in [2.24, 2.45) is 29.6 Å². The van der Waals surface area contributed by atoms with E-state index in [9.17, 15) is 10.1 Å². The molecule has 6 atom stereocenters. The molecular formula is C25H41N3O2. The third-order valence-corrected chi connectivity index (χ3v) is 10.1. The van der Waals surface area contributed by atoms with Gasteiger partial charge in [-0.1, -0.05) is 20.8 Å². The fourth-order valence-corrected chi connectivity index (χ4v) is 8.49. The number of nitriles is 1. The molecule has 1 heterocycles. The molecule has 5 aliphatic rings. The molecule has 5 rings (SSSR count). The van der Waals surface area contributed by atoms with E-state index in [2.05, 4.69) is 46.0 Å². The van der Waals surface area contributed by atoms with E-state index in [0.29, 0.717) is 29.6 Å². The molecule has 5 fully saturated rings. The van der Waals surface area contributed by atoms with Crippen LogP contribution in [0.5, 0.6) is 0 Å². The van der Waals surface area contributed by atoms with Crippen LogP contribution in [0.4, 0.5) is 0 Å².